The summed E-state index contributed by atoms with van der Waals surface area (Å²) in [6, 6.07) is 0. The van der Waals surface area contributed by atoms with Gasteiger partial charge in [0.15, 0.2) is 0 Å². The Hall–Kier alpha value is -0.120. The predicted molar refractivity (Wildman–Crippen MR) is 40.2 cm³/mol. The Bertz CT molecular complexity index is 54.3. The van der Waals surface area contributed by atoms with Crippen LogP contribution in [-0.4, -0.2) is 38.8 Å². The first kappa shape index (κ1) is 8.88. The molecule has 0 aliphatic carbocycles. The van der Waals surface area contributed by atoms with Crippen molar-refractivity contribution < 1.29 is 0 Å². The quantitative estimate of drug-likeness (QED) is 0.388. The molecule has 0 amide bonds. The lowest BCUT2D eigenvalue weighted by Crippen LogP contribution is -2.29. The fourth-order valence-electron chi connectivity index (χ4n) is 0.530. The van der Waals surface area contributed by atoms with Crippen LogP contribution in [-0.2, 0) is 0 Å². The van der Waals surface area contributed by atoms with E-state index in [4.69, 9.17) is 5.73 Å². The van der Waals surface area contributed by atoms with E-state index in [-0.39, 0.29) is 0 Å². The van der Waals surface area contributed by atoms with E-state index >= 15 is 0 Å². The summed E-state index contributed by atoms with van der Waals surface area (Å²) in [6.45, 7) is 2.75. The molecule has 0 bridgehead atoms. The summed E-state index contributed by atoms with van der Waals surface area (Å²) in [5, 5.41) is 3.23. The Morgan fingerprint density at radius 3 is 2.56 bits per heavy atom. The van der Waals surface area contributed by atoms with E-state index in [1.807, 2.05) is 14.1 Å². The van der Waals surface area contributed by atoms with Gasteiger partial charge >= 0.3 is 0 Å². The van der Waals surface area contributed by atoms with Gasteiger partial charge in [-0.3, -0.25) is 4.90 Å². The molecule has 0 spiro atoms. The van der Waals surface area contributed by atoms with Gasteiger partial charge in [-0.05, 0) is 33.6 Å². The number of hydrogen-bond donors (Lipinski definition) is 2. The third-order valence-electron chi connectivity index (χ3n) is 0.986. The Kier molecular flexibility index (Phi) is 5.93. The summed E-state index contributed by atoms with van der Waals surface area (Å²) in [5.41, 5.74) is 5.29. The molecule has 3 N–H and O–H groups in total. The molecule has 0 unspecified atom stereocenters. The second-order valence-corrected chi connectivity index (χ2v) is 2.38. The van der Waals surface area contributed by atoms with Crippen molar-refractivity contribution in [1.82, 2.24) is 10.2 Å². The van der Waals surface area contributed by atoms with Crippen molar-refractivity contribution in [2.45, 2.75) is 6.42 Å². The van der Waals surface area contributed by atoms with Crippen LogP contribution in [0.5, 0.6) is 0 Å². The summed E-state index contributed by atoms with van der Waals surface area (Å²) in [5.74, 6) is 0. The lowest BCUT2D eigenvalue weighted by Gasteiger charge is -2.09. The second-order valence-electron chi connectivity index (χ2n) is 2.38. The van der Waals surface area contributed by atoms with Gasteiger partial charge in [-0.15, -0.1) is 0 Å². The minimum absolute atomic E-state index is 0.778. The van der Waals surface area contributed by atoms with Gasteiger partial charge in [-0.1, -0.05) is 0 Å². The van der Waals surface area contributed by atoms with Crippen LogP contribution in [0.25, 0.3) is 0 Å². The van der Waals surface area contributed by atoms with Crippen LogP contribution in [0.15, 0.2) is 0 Å². The van der Waals surface area contributed by atoms with Gasteiger partial charge in [0.2, 0.25) is 0 Å². The van der Waals surface area contributed by atoms with Crippen LogP contribution in [0.1, 0.15) is 6.42 Å². The van der Waals surface area contributed by atoms with Gasteiger partial charge in [-0.25, -0.2) is 0 Å². The average Bonchev–Trinajstić information content (AvgIpc) is 1.80. The van der Waals surface area contributed by atoms with Crippen LogP contribution in [0.4, 0.5) is 0 Å². The molecule has 3 nitrogen and oxygen atoms in total. The number of nitrogens with zero attached hydrogens (tertiary/aromatic N) is 1. The average molecular weight is 131 g/mol. The van der Waals surface area contributed by atoms with E-state index in [9.17, 15) is 0 Å². The smallest absolute Gasteiger partial charge is 0.0474 e. The van der Waals surface area contributed by atoms with Gasteiger partial charge in [-0.2, -0.15) is 0 Å². The summed E-state index contributed by atoms with van der Waals surface area (Å²) in [6.07, 6.45) is 1.06. The molecular formula is C6H17N3. The summed E-state index contributed by atoms with van der Waals surface area (Å²) in [7, 11) is 4.07. The fourth-order valence-corrected chi connectivity index (χ4v) is 0.530. The number of nitrogens with one attached hydrogen (secondary N) is 1. The minimum Gasteiger partial charge on any atom is -0.330 e. The molecule has 56 valence electrons. The Balaban J connectivity index is 2.75. The number of nitrogens with two attached hydrogens (primary N) is 1. The molecule has 0 aromatic heterocycles. The number of hydrogen-bond acceptors (Lipinski definition) is 3. The molecule has 0 rings (SSSR count). The highest BCUT2D eigenvalue weighted by molar-refractivity contribution is 4.45. The molecule has 0 saturated heterocycles. The van der Waals surface area contributed by atoms with Crippen molar-refractivity contribution in [2.24, 2.45) is 5.73 Å². The maximum Gasteiger partial charge on any atom is 0.0474 e. The van der Waals surface area contributed by atoms with E-state index < -0.39 is 0 Å². The maximum absolute atomic E-state index is 5.29. The molecule has 0 atom stereocenters. The van der Waals surface area contributed by atoms with Crippen molar-refractivity contribution in [3.8, 4) is 0 Å². The van der Waals surface area contributed by atoms with Gasteiger partial charge in [0.25, 0.3) is 0 Å². The monoisotopic (exact) mass is 131 g/mol. The molecule has 9 heavy (non-hydrogen) atoms. The first-order chi connectivity index (χ1) is 4.27. The fraction of sp³-hybridized carbons (Fsp3) is 1.00. The van der Waals surface area contributed by atoms with E-state index in [1.54, 1.807) is 0 Å². The van der Waals surface area contributed by atoms with E-state index in [0.29, 0.717) is 0 Å². The zero-order chi connectivity index (χ0) is 7.11. The van der Waals surface area contributed by atoms with Crippen LogP contribution in [0.3, 0.4) is 0 Å². The molecule has 0 saturated carbocycles. The predicted octanol–water partition coefficient (Wildman–Crippen LogP) is -0.556. The molecule has 0 radical (unpaired) electrons. The Labute approximate surface area is 57.2 Å². The number of rotatable bonds is 5. The lowest BCUT2D eigenvalue weighted by atomic mass is 10.4. The first-order valence-corrected chi connectivity index (χ1v) is 3.33. The summed E-state index contributed by atoms with van der Waals surface area (Å²) < 4.78 is 0. The third-order valence-corrected chi connectivity index (χ3v) is 0.986. The first-order valence-electron chi connectivity index (χ1n) is 3.33. The molecule has 0 fully saturated rings. The molecule has 0 aliphatic heterocycles. The molecule has 0 heterocycles. The molecule has 3 heteroatoms. The normalized spacial score (nSPS) is 10.7. The Morgan fingerprint density at radius 1 is 1.44 bits per heavy atom. The van der Waals surface area contributed by atoms with Crippen LogP contribution >= 0.6 is 0 Å². The summed E-state index contributed by atoms with van der Waals surface area (Å²) in [4.78, 5) is 2.09. The highest BCUT2D eigenvalue weighted by atomic mass is 15.2. The molecule has 0 aromatic rings. The van der Waals surface area contributed by atoms with Gasteiger partial charge in [0.1, 0.15) is 0 Å². The zero-order valence-electron chi connectivity index (χ0n) is 6.35. The SMILES string of the molecule is CN(C)CNCCCN. The van der Waals surface area contributed by atoms with Crippen molar-refractivity contribution in [1.29, 1.82) is 0 Å². The minimum atomic E-state index is 0.778. The largest absolute Gasteiger partial charge is 0.330 e. The van der Waals surface area contributed by atoms with E-state index in [0.717, 1.165) is 26.2 Å². The zero-order valence-corrected chi connectivity index (χ0v) is 6.35. The van der Waals surface area contributed by atoms with Crippen LogP contribution < -0.4 is 11.1 Å². The highest BCUT2D eigenvalue weighted by Gasteiger charge is 1.86. The summed E-state index contributed by atoms with van der Waals surface area (Å²) >= 11 is 0. The lowest BCUT2D eigenvalue weighted by molar-refractivity contribution is 0.368. The van der Waals surface area contributed by atoms with Crippen molar-refractivity contribution in [3.63, 3.8) is 0 Å². The standard InChI is InChI=1S/C6H17N3/c1-9(2)6-8-5-3-4-7/h8H,3-7H2,1-2H3. The van der Waals surface area contributed by atoms with E-state index in [1.165, 1.54) is 0 Å². The van der Waals surface area contributed by atoms with Crippen LogP contribution in [0, 0.1) is 0 Å². The van der Waals surface area contributed by atoms with Gasteiger partial charge in [0, 0.05) is 6.67 Å². The van der Waals surface area contributed by atoms with Crippen molar-refractivity contribution in [2.75, 3.05) is 33.9 Å². The van der Waals surface area contributed by atoms with Crippen molar-refractivity contribution >= 4 is 0 Å². The van der Waals surface area contributed by atoms with Crippen molar-refractivity contribution in [3.05, 3.63) is 0 Å². The molecule has 0 aromatic carbocycles. The highest BCUT2D eigenvalue weighted by Crippen LogP contribution is 1.70. The maximum atomic E-state index is 5.29. The molecule has 0 aliphatic rings. The molecular weight excluding hydrogens is 114 g/mol. The topological polar surface area (TPSA) is 41.3 Å². The second kappa shape index (κ2) is 6.01. The third kappa shape index (κ3) is 7.88. The van der Waals surface area contributed by atoms with E-state index in [2.05, 4.69) is 10.2 Å². The van der Waals surface area contributed by atoms with Gasteiger partial charge in [0.05, 0.1) is 0 Å². The Morgan fingerprint density at radius 2 is 2.11 bits per heavy atom. The van der Waals surface area contributed by atoms with Gasteiger partial charge < -0.3 is 11.1 Å². The van der Waals surface area contributed by atoms with Crippen LogP contribution in [0.2, 0.25) is 0 Å².